The summed E-state index contributed by atoms with van der Waals surface area (Å²) in [6, 6.07) is 3.37. The lowest BCUT2D eigenvalue weighted by atomic mass is 9.36. The van der Waals surface area contributed by atoms with Crippen LogP contribution in [0.4, 0.5) is 5.69 Å². The van der Waals surface area contributed by atoms with Gasteiger partial charge in [0.05, 0.1) is 33.2 Å². The Morgan fingerprint density at radius 2 is 1.73 bits per heavy atom. The second kappa shape index (κ2) is 12.7. The fourth-order valence-corrected chi connectivity index (χ4v) is 8.12. The number of carbonyl (C=O) groups excluding carboxylic acids is 2. The monoisotopic (exact) mass is 701 g/mol. The number of methoxy groups -OCH3 is 3. The number of piperazine rings is 1. The van der Waals surface area contributed by atoms with E-state index in [0.717, 1.165) is 19.3 Å². The Balaban J connectivity index is 1.22. The van der Waals surface area contributed by atoms with Crippen LogP contribution in [0, 0.1) is 11.3 Å². The van der Waals surface area contributed by atoms with Gasteiger partial charge in [-0.2, -0.15) is 0 Å². The van der Waals surface area contributed by atoms with Crippen LogP contribution in [0.5, 0.6) is 17.5 Å². The lowest BCUT2D eigenvalue weighted by Crippen LogP contribution is -2.76. The minimum Gasteiger partial charge on any atom is -0.491 e. The zero-order valence-corrected chi connectivity index (χ0v) is 29.7. The van der Waals surface area contributed by atoms with Crippen LogP contribution in [0.1, 0.15) is 56.1 Å². The third-order valence-corrected chi connectivity index (χ3v) is 10.9. The number of aromatic nitrogens is 6. The molecule has 2 amide bonds. The Kier molecular flexibility index (Phi) is 8.50. The van der Waals surface area contributed by atoms with Crippen molar-refractivity contribution in [3.8, 4) is 23.2 Å². The quantitative estimate of drug-likeness (QED) is 0.233. The Morgan fingerprint density at radius 3 is 2.35 bits per heavy atom. The summed E-state index contributed by atoms with van der Waals surface area (Å²) in [5.41, 5.74) is 1.09. The molecule has 51 heavy (non-hydrogen) atoms. The first-order chi connectivity index (χ1) is 24.5. The first-order valence-electron chi connectivity index (χ1n) is 17.2. The van der Waals surface area contributed by atoms with Crippen molar-refractivity contribution in [1.29, 1.82) is 0 Å². The van der Waals surface area contributed by atoms with E-state index >= 15 is 0 Å². The largest absolute Gasteiger partial charge is 0.491 e. The molecule has 3 aliphatic carbocycles. The van der Waals surface area contributed by atoms with Crippen molar-refractivity contribution in [3.63, 3.8) is 0 Å². The number of amides is 2. The molecular formula is C35H43N9O7. The van der Waals surface area contributed by atoms with E-state index in [9.17, 15) is 19.2 Å². The van der Waals surface area contributed by atoms with Gasteiger partial charge in [0.2, 0.25) is 28.5 Å². The SMILES string of the molecule is CCc1c(N2CCN(C(=O)c3c(OC)[nH]cc(OC)c3=O)CC2)c(=O)c2nn(-c3ccnc(OC)c3)nc2n1CC(=O)NC12CC(C(C)C)(C1)C2. The average molecular weight is 702 g/mol. The summed E-state index contributed by atoms with van der Waals surface area (Å²) in [5, 5.41) is 12.7. The summed E-state index contributed by atoms with van der Waals surface area (Å²) in [4.78, 5) is 66.6. The molecular weight excluding hydrogens is 658 g/mol. The molecule has 0 unspecified atom stereocenters. The van der Waals surface area contributed by atoms with Gasteiger partial charge >= 0.3 is 0 Å². The van der Waals surface area contributed by atoms with Gasteiger partial charge in [0.25, 0.3) is 5.91 Å². The van der Waals surface area contributed by atoms with E-state index < -0.39 is 11.3 Å². The fraction of sp³-hybridized carbons (Fsp3) is 0.514. The first kappa shape index (κ1) is 34.1. The maximum Gasteiger partial charge on any atom is 0.263 e. The summed E-state index contributed by atoms with van der Waals surface area (Å²) in [6.07, 6.45) is 6.28. The molecule has 3 saturated carbocycles. The second-order valence-corrected chi connectivity index (χ2v) is 14.0. The highest BCUT2D eigenvalue weighted by Gasteiger charge is 2.69. The molecule has 0 aromatic carbocycles. The molecule has 0 radical (unpaired) electrons. The molecule has 1 saturated heterocycles. The fourth-order valence-electron chi connectivity index (χ4n) is 8.12. The minimum atomic E-state index is -0.575. The molecule has 4 aromatic rings. The molecule has 4 fully saturated rings. The minimum absolute atomic E-state index is 0.00465. The highest BCUT2D eigenvalue weighted by atomic mass is 16.5. The topological polar surface area (TPSA) is 179 Å². The van der Waals surface area contributed by atoms with E-state index in [2.05, 4.69) is 34.2 Å². The van der Waals surface area contributed by atoms with Gasteiger partial charge in [-0.25, -0.2) is 4.98 Å². The highest BCUT2D eigenvalue weighted by Crippen LogP contribution is 2.70. The van der Waals surface area contributed by atoms with Crippen molar-refractivity contribution in [2.24, 2.45) is 11.3 Å². The standard InChI is InChI=1S/C35H43N9O7/c1-7-22-28(41-10-12-42(13-11-41)33(48)26-29(46)23(49-4)15-37-32(26)51-6)30(47)27-31(40-44(39-27)21-8-9-36-25(14-21)50-5)43(22)16-24(45)38-35-17-34(18-35,19-35)20(2)3/h8-9,14-15,20H,7,10-13,16-19H2,1-6H3,(H,37,46)(H,38,45). The number of pyridine rings is 3. The molecule has 5 heterocycles. The van der Waals surface area contributed by atoms with E-state index in [1.165, 1.54) is 32.3 Å². The number of fused-ring (bicyclic) bond motifs is 1. The van der Waals surface area contributed by atoms with Crippen LogP contribution >= 0.6 is 0 Å². The number of ether oxygens (including phenoxy) is 3. The predicted octanol–water partition coefficient (Wildman–Crippen LogP) is 1.91. The molecule has 0 atom stereocenters. The molecule has 8 rings (SSSR count). The lowest BCUT2D eigenvalue weighted by Gasteiger charge is -2.72. The van der Waals surface area contributed by atoms with Crippen LogP contribution in [0.2, 0.25) is 0 Å². The molecule has 4 aromatic heterocycles. The Morgan fingerprint density at radius 1 is 1.00 bits per heavy atom. The maximum atomic E-state index is 14.4. The number of rotatable bonds is 11. The number of nitrogens with one attached hydrogen (secondary N) is 2. The third kappa shape index (κ3) is 5.56. The van der Waals surface area contributed by atoms with Crippen molar-refractivity contribution in [2.45, 2.75) is 58.5 Å². The lowest BCUT2D eigenvalue weighted by molar-refractivity contribution is -0.187. The summed E-state index contributed by atoms with van der Waals surface area (Å²) in [7, 11) is 4.24. The number of carbonyl (C=O) groups is 2. The molecule has 2 bridgehead atoms. The maximum absolute atomic E-state index is 14.4. The van der Waals surface area contributed by atoms with Crippen LogP contribution in [-0.2, 0) is 17.8 Å². The van der Waals surface area contributed by atoms with Crippen molar-refractivity contribution in [2.75, 3.05) is 52.4 Å². The van der Waals surface area contributed by atoms with Crippen molar-refractivity contribution in [3.05, 3.63) is 56.2 Å². The molecule has 2 N–H and O–H groups in total. The van der Waals surface area contributed by atoms with E-state index in [1.807, 2.05) is 11.8 Å². The summed E-state index contributed by atoms with van der Waals surface area (Å²) >= 11 is 0. The van der Waals surface area contributed by atoms with Gasteiger partial charge in [-0.05, 0) is 43.1 Å². The number of hydrogen-bond acceptors (Lipinski definition) is 11. The number of hydrogen-bond donors (Lipinski definition) is 2. The van der Waals surface area contributed by atoms with Gasteiger partial charge in [-0.1, -0.05) is 20.8 Å². The van der Waals surface area contributed by atoms with Crippen LogP contribution in [0.15, 0.2) is 34.1 Å². The molecule has 16 heteroatoms. The van der Waals surface area contributed by atoms with Crippen LogP contribution in [0.25, 0.3) is 16.9 Å². The summed E-state index contributed by atoms with van der Waals surface area (Å²) < 4.78 is 17.5. The highest BCUT2D eigenvalue weighted by molar-refractivity contribution is 5.97. The second-order valence-electron chi connectivity index (χ2n) is 14.0. The van der Waals surface area contributed by atoms with Crippen LogP contribution in [0.3, 0.4) is 0 Å². The molecule has 0 spiro atoms. The zero-order chi connectivity index (χ0) is 36.2. The van der Waals surface area contributed by atoms with Crippen molar-refractivity contribution in [1.82, 2.24) is 39.7 Å². The average Bonchev–Trinajstić information content (AvgIpc) is 3.56. The van der Waals surface area contributed by atoms with E-state index in [-0.39, 0.29) is 59.2 Å². The van der Waals surface area contributed by atoms with Gasteiger partial charge in [0.1, 0.15) is 12.2 Å². The van der Waals surface area contributed by atoms with E-state index in [1.54, 1.807) is 27.8 Å². The van der Waals surface area contributed by atoms with Crippen LogP contribution in [-0.4, -0.2) is 99.3 Å². The Bertz CT molecular complexity index is 2130. The third-order valence-electron chi connectivity index (χ3n) is 10.9. The molecule has 4 aliphatic rings. The first-order valence-corrected chi connectivity index (χ1v) is 17.2. The number of H-pyrrole nitrogens is 1. The van der Waals surface area contributed by atoms with Gasteiger partial charge in [0, 0.05) is 49.7 Å². The summed E-state index contributed by atoms with van der Waals surface area (Å²) in [6.45, 7) is 7.42. The van der Waals surface area contributed by atoms with Crippen molar-refractivity contribution < 1.29 is 23.8 Å². The van der Waals surface area contributed by atoms with Gasteiger partial charge in [-0.15, -0.1) is 15.0 Å². The van der Waals surface area contributed by atoms with Gasteiger partial charge in [0.15, 0.2) is 22.5 Å². The molecule has 1 aliphatic heterocycles. The zero-order valence-electron chi connectivity index (χ0n) is 29.7. The number of nitrogens with zero attached hydrogens (tertiary/aromatic N) is 7. The number of aromatic amines is 1. The Labute approximate surface area is 293 Å². The van der Waals surface area contributed by atoms with Crippen LogP contribution < -0.4 is 35.3 Å². The predicted molar refractivity (Wildman–Crippen MR) is 187 cm³/mol. The molecule has 270 valence electrons. The van der Waals surface area contributed by atoms with Gasteiger partial charge < -0.3 is 38.9 Å². The summed E-state index contributed by atoms with van der Waals surface area (Å²) in [5.74, 6) is 0.314. The van der Waals surface area contributed by atoms with E-state index in [4.69, 9.17) is 19.3 Å². The smallest absolute Gasteiger partial charge is 0.263 e. The number of anilines is 1. The van der Waals surface area contributed by atoms with Gasteiger partial charge in [-0.3, -0.25) is 19.2 Å². The normalized spacial score (nSPS) is 20.9. The molecule has 16 nitrogen and oxygen atoms in total. The van der Waals surface area contributed by atoms with E-state index in [0.29, 0.717) is 59.4 Å². The van der Waals surface area contributed by atoms with Crippen molar-refractivity contribution >= 4 is 28.7 Å². The Hall–Kier alpha value is -5.41.